The van der Waals surface area contributed by atoms with Gasteiger partial charge in [0.15, 0.2) is 5.11 Å². The van der Waals surface area contributed by atoms with Gasteiger partial charge in [-0.25, -0.2) is 0 Å². The van der Waals surface area contributed by atoms with E-state index in [4.69, 9.17) is 17.0 Å². The summed E-state index contributed by atoms with van der Waals surface area (Å²) in [6, 6.07) is -0.153. The molecule has 1 fully saturated rings. The van der Waals surface area contributed by atoms with Gasteiger partial charge in [-0.2, -0.15) is 0 Å². The Labute approximate surface area is 96.0 Å². The van der Waals surface area contributed by atoms with Gasteiger partial charge in [0.1, 0.15) is 6.04 Å². The Balaban J connectivity index is 2.51. The summed E-state index contributed by atoms with van der Waals surface area (Å²) in [4.78, 5) is 13.5. The van der Waals surface area contributed by atoms with Crippen molar-refractivity contribution in [1.29, 1.82) is 0 Å². The van der Waals surface area contributed by atoms with Crippen LogP contribution in [0.1, 0.15) is 20.3 Å². The summed E-state index contributed by atoms with van der Waals surface area (Å²) >= 11 is 5.12. The first kappa shape index (κ1) is 12.4. The molecule has 1 aliphatic heterocycles. The first-order valence-corrected chi connectivity index (χ1v) is 5.59. The van der Waals surface area contributed by atoms with Crippen LogP contribution < -0.4 is 5.32 Å². The lowest BCUT2D eigenvalue weighted by Crippen LogP contribution is -2.35. The second kappa shape index (κ2) is 5.42. The predicted octanol–water partition coefficient (Wildman–Crippen LogP) is 0.764. The monoisotopic (exact) mass is 230 g/mol. The first-order valence-electron chi connectivity index (χ1n) is 5.18. The van der Waals surface area contributed by atoms with Crippen LogP contribution in [-0.2, 0) is 9.53 Å². The third-order valence-corrected chi connectivity index (χ3v) is 2.79. The Kier molecular flexibility index (Phi) is 4.47. The smallest absolute Gasteiger partial charge is 0.251 e. The topological polar surface area (TPSA) is 41.6 Å². The Morgan fingerprint density at radius 2 is 2.27 bits per heavy atom. The molecule has 15 heavy (non-hydrogen) atoms. The number of methoxy groups -OCH3 is 1. The molecule has 0 aromatic rings. The molecule has 0 unspecified atom stereocenters. The molecule has 0 bridgehead atoms. The van der Waals surface area contributed by atoms with Crippen molar-refractivity contribution in [1.82, 2.24) is 10.2 Å². The van der Waals surface area contributed by atoms with E-state index >= 15 is 0 Å². The molecule has 1 N–H and O–H groups in total. The molecule has 0 spiro atoms. The number of nitrogens with zero attached hydrogens (tertiary/aromatic N) is 1. The summed E-state index contributed by atoms with van der Waals surface area (Å²) in [7, 11) is 1.65. The number of rotatable bonds is 5. The SMILES string of the molecule is COCCCN1C(=O)[C@@H](C(C)C)NC1=S. The van der Waals surface area contributed by atoms with Crippen molar-refractivity contribution in [3.63, 3.8) is 0 Å². The van der Waals surface area contributed by atoms with Gasteiger partial charge >= 0.3 is 0 Å². The summed E-state index contributed by atoms with van der Waals surface area (Å²) in [6.07, 6.45) is 0.814. The van der Waals surface area contributed by atoms with E-state index in [1.165, 1.54) is 0 Å². The highest BCUT2D eigenvalue weighted by Gasteiger charge is 2.36. The molecule has 1 aliphatic rings. The molecule has 0 aromatic heterocycles. The van der Waals surface area contributed by atoms with Crippen molar-refractivity contribution in [2.45, 2.75) is 26.3 Å². The third-order valence-electron chi connectivity index (χ3n) is 2.45. The molecule has 0 saturated carbocycles. The van der Waals surface area contributed by atoms with E-state index < -0.39 is 0 Å². The third kappa shape index (κ3) is 2.89. The number of hydrogen-bond donors (Lipinski definition) is 1. The quantitative estimate of drug-likeness (QED) is 0.559. The van der Waals surface area contributed by atoms with Gasteiger partial charge in [0, 0.05) is 20.3 Å². The van der Waals surface area contributed by atoms with Crippen molar-refractivity contribution in [2.75, 3.05) is 20.3 Å². The normalized spacial score (nSPS) is 21.3. The maximum absolute atomic E-state index is 11.9. The standard InChI is InChI=1S/C10H18N2O2S/c1-7(2)8-9(13)12(10(15)11-8)5-4-6-14-3/h7-8H,4-6H2,1-3H3,(H,11,15)/t8-/m1/s1. The minimum absolute atomic E-state index is 0.0890. The largest absolute Gasteiger partial charge is 0.385 e. The van der Waals surface area contributed by atoms with Gasteiger partial charge in [0.05, 0.1) is 0 Å². The minimum atomic E-state index is -0.153. The Hall–Kier alpha value is -0.680. The second-order valence-corrected chi connectivity index (χ2v) is 4.39. The molecule has 1 amide bonds. The summed E-state index contributed by atoms with van der Waals surface area (Å²) in [6.45, 7) is 5.31. The highest BCUT2D eigenvalue weighted by atomic mass is 32.1. The van der Waals surface area contributed by atoms with Crippen LogP contribution in [0.2, 0.25) is 0 Å². The lowest BCUT2D eigenvalue weighted by atomic mass is 10.1. The average Bonchev–Trinajstić information content (AvgIpc) is 2.45. The number of carbonyl (C=O) groups is 1. The zero-order chi connectivity index (χ0) is 11.4. The molecule has 0 radical (unpaired) electrons. The van der Waals surface area contributed by atoms with Crippen LogP contribution in [0.25, 0.3) is 0 Å². The van der Waals surface area contributed by atoms with Crippen LogP contribution >= 0.6 is 12.2 Å². The van der Waals surface area contributed by atoms with Crippen LogP contribution in [0.4, 0.5) is 0 Å². The van der Waals surface area contributed by atoms with Gasteiger partial charge in [-0.15, -0.1) is 0 Å². The van der Waals surface area contributed by atoms with E-state index in [0.29, 0.717) is 18.3 Å². The van der Waals surface area contributed by atoms with E-state index in [1.54, 1.807) is 12.0 Å². The Bertz CT molecular complexity index is 256. The number of thiocarbonyl (C=S) groups is 1. The fraction of sp³-hybridized carbons (Fsp3) is 0.800. The van der Waals surface area contributed by atoms with Crippen molar-refractivity contribution in [3.05, 3.63) is 0 Å². The summed E-state index contributed by atoms with van der Waals surface area (Å²) < 4.78 is 4.94. The fourth-order valence-corrected chi connectivity index (χ4v) is 1.88. The number of carbonyl (C=O) groups excluding carboxylic acids is 1. The highest BCUT2D eigenvalue weighted by Crippen LogP contribution is 2.14. The van der Waals surface area contributed by atoms with Crippen LogP contribution in [-0.4, -0.2) is 42.2 Å². The van der Waals surface area contributed by atoms with Gasteiger partial charge in [-0.3, -0.25) is 9.69 Å². The van der Waals surface area contributed by atoms with E-state index in [2.05, 4.69) is 5.32 Å². The molecule has 5 heteroatoms. The van der Waals surface area contributed by atoms with E-state index in [0.717, 1.165) is 6.42 Å². The van der Waals surface area contributed by atoms with E-state index in [9.17, 15) is 4.79 Å². The molecule has 1 rings (SSSR count). The zero-order valence-electron chi connectivity index (χ0n) is 9.45. The summed E-state index contributed by atoms with van der Waals surface area (Å²) in [5.41, 5.74) is 0. The lowest BCUT2D eigenvalue weighted by molar-refractivity contribution is -0.128. The first-order chi connectivity index (χ1) is 7.07. The number of ether oxygens (including phenoxy) is 1. The molecule has 4 nitrogen and oxygen atoms in total. The number of nitrogens with one attached hydrogen (secondary N) is 1. The highest BCUT2D eigenvalue weighted by molar-refractivity contribution is 7.80. The minimum Gasteiger partial charge on any atom is -0.385 e. The average molecular weight is 230 g/mol. The fourth-order valence-electron chi connectivity index (χ4n) is 1.57. The van der Waals surface area contributed by atoms with Crippen LogP contribution in [0.15, 0.2) is 0 Å². The van der Waals surface area contributed by atoms with Crippen molar-refractivity contribution >= 4 is 23.2 Å². The van der Waals surface area contributed by atoms with E-state index in [-0.39, 0.29) is 17.9 Å². The zero-order valence-corrected chi connectivity index (χ0v) is 10.3. The van der Waals surface area contributed by atoms with Gasteiger partial charge < -0.3 is 10.1 Å². The Morgan fingerprint density at radius 3 is 2.73 bits per heavy atom. The maximum atomic E-state index is 11.9. The van der Waals surface area contributed by atoms with Crippen molar-refractivity contribution < 1.29 is 9.53 Å². The van der Waals surface area contributed by atoms with Crippen molar-refractivity contribution in [3.8, 4) is 0 Å². The van der Waals surface area contributed by atoms with Gasteiger partial charge in [-0.1, -0.05) is 13.8 Å². The van der Waals surface area contributed by atoms with Crippen molar-refractivity contribution in [2.24, 2.45) is 5.92 Å². The molecular formula is C10H18N2O2S. The van der Waals surface area contributed by atoms with Crippen LogP contribution in [0, 0.1) is 5.92 Å². The molecule has 1 atom stereocenters. The number of hydrogen-bond acceptors (Lipinski definition) is 3. The van der Waals surface area contributed by atoms with Crippen LogP contribution in [0.3, 0.4) is 0 Å². The molecule has 86 valence electrons. The molecule has 1 heterocycles. The molecule has 0 aliphatic carbocycles. The van der Waals surface area contributed by atoms with Gasteiger partial charge in [0.2, 0.25) is 0 Å². The second-order valence-electron chi connectivity index (χ2n) is 4.01. The van der Waals surface area contributed by atoms with Gasteiger partial charge in [0.25, 0.3) is 5.91 Å². The molecule has 1 saturated heterocycles. The Morgan fingerprint density at radius 1 is 1.60 bits per heavy atom. The summed E-state index contributed by atoms with van der Waals surface area (Å²) in [5, 5.41) is 3.60. The molecule has 0 aromatic carbocycles. The summed E-state index contributed by atoms with van der Waals surface area (Å²) in [5.74, 6) is 0.356. The van der Waals surface area contributed by atoms with Crippen LogP contribution in [0.5, 0.6) is 0 Å². The predicted molar refractivity (Wildman–Crippen MR) is 62.6 cm³/mol. The number of amides is 1. The lowest BCUT2D eigenvalue weighted by Gasteiger charge is -2.15. The maximum Gasteiger partial charge on any atom is 0.251 e. The van der Waals surface area contributed by atoms with E-state index in [1.807, 2.05) is 13.8 Å². The molecular weight excluding hydrogens is 212 g/mol. The van der Waals surface area contributed by atoms with Gasteiger partial charge in [-0.05, 0) is 24.6 Å².